The fraction of sp³-hybridized carbons (Fsp3) is 0.290. The number of hydrogen-bond donors (Lipinski definition) is 4. The molecule has 3 amide bonds. The van der Waals surface area contributed by atoms with Crippen LogP contribution in [0.5, 0.6) is 0 Å². The van der Waals surface area contributed by atoms with Crippen LogP contribution >= 0.6 is 0 Å². The van der Waals surface area contributed by atoms with Gasteiger partial charge in [-0.1, -0.05) is 24.3 Å². The molecule has 12 nitrogen and oxygen atoms in total. The number of anilines is 3. The number of aromatic amines is 1. The third kappa shape index (κ3) is 6.97. The number of rotatable bonds is 10. The summed E-state index contributed by atoms with van der Waals surface area (Å²) in [6, 6.07) is 16.0. The summed E-state index contributed by atoms with van der Waals surface area (Å²) < 4.78 is 5.24. The number of carbonyl (C=O) groups excluding carboxylic acids is 3. The summed E-state index contributed by atoms with van der Waals surface area (Å²) in [5, 5.41) is 9.39. The van der Waals surface area contributed by atoms with Gasteiger partial charge in [-0.15, -0.1) is 0 Å². The zero-order valence-electron chi connectivity index (χ0n) is 24.2. The molecule has 2 aromatic heterocycles. The summed E-state index contributed by atoms with van der Waals surface area (Å²) in [6.07, 6.45) is 2.09. The normalized spacial score (nSPS) is 12.8. The van der Waals surface area contributed by atoms with Crippen molar-refractivity contribution in [1.82, 2.24) is 25.2 Å². The number of ether oxygens (including phenoxy) is 1. The molecular weight excluding hydrogens is 550 g/mol. The molecule has 3 heterocycles. The number of nitrogens with one attached hydrogen (secondary N) is 4. The smallest absolute Gasteiger partial charge is 0.407 e. The maximum absolute atomic E-state index is 12.7. The highest BCUT2D eigenvalue weighted by Gasteiger charge is 2.34. The van der Waals surface area contributed by atoms with Gasteiger partial charge in [0.2, 0.25) is 5.95 Å². The Morgan fingerprint density at radius 3 is 2.42 bits per heavy atom. The molecule has 1 aliphatic heterocycles. The first kappa shape index (κ1) is 29.2. The Kier molecular flexibility index (Phi) is 8.37. The molecule has 0 saturated carbocycles. The second-order valence-electron chi connectivity index (χ2n) is 11.1. The van der Waals surface area contributed by atoms with Gasteiger partial charge in [-0.3, -0.25) is 19.3 Å². The number of pyridine rings is 1. The molecule has 43 heavy (non-hydrogen) atoms. The van der Waals surface area contributed by atoms with Crippen molar-refractivity contribution in [2.75, 3.05) is 30.3 Å². The van der Waals surface area contributed by atoms with Crippen molar-refractivity contribution in [3.8, 4) is 0 Å². The molecular formula is C31H33N7O5. The molecule has 0 unspecified atom stereocenters. The number of aromatic nitrogens is 3. The summed E-state index contributed by atoms with van der Waals surface area (Å²) in [6.45, 7) is 6.51. The third-order valence-corrected chi connectivity index (χ3v) is 6.62. The van der Waals surface area contributed by atoms with Gasteiger partial charge >= 0.3 is 6.09 Å². The van der Waals surface area contributed by atoms with Crippen LogP contribution in [0, 0.1) is 0 Å². The molecule has 0 saturated heterocycles. The van der Waals surface area contributed by atoms with Crippen LogP contribution in [0.25, 0.3) is 10.9 Å². The summed E-state index contributed by atoms with van der Waals surface area (Å²) in [5.74, 6) is 0.0581. The van der Waals surface area contributed by atoms with E-state index in [9.17, 15) is 19.2 Å². The zero-order chi connectivity index (χ0) is 30.6. The molecule has 5 rings (SSSR count). The van der Waals surface area contributed by atoms with Gasteiger partial charge in [0, 0.05) is 31.5 Å². The summed E-state index contributed by atoms with van der Waals surface area (Å²) in [4.78, 5) is 63.0. The standard InChI is InChI=1S/C31H33N7O5/c1-31(2,3)43-30(42)34-15-7-14-33-29-36-23-12-16-32-26(39)24(23)25(37-29)35-20-9-6-8-19(18-20)13-17-38-27(40)21-10-4-5-11-22(21)28(38)41/h4-6,8-12,16,18H,7,13-15,17H2,1-3H3,(H,32,39)(H,34,42)(H2,33,35,36,37). The van der Waals surface area contributed by atoms with Crippen LogP contribution in [-0.2, 0) is 11.2 Å². The van der Waals surface area contributed by atoms with E-state index < -0.39 is 11.7 Å². The van der Waals surface area contributed by atoms with Gasteiger partial charge in [-0.2, -0.15) is 4.98 Å². The van der Waals surface area contributed by atoms with Crippen LogP contribution in [0.15, 0.2) is 65.6 Å². The molecule has 2 aromatic carbocycles. The Balaban J connectivity index is 1.25. The monoisotopic (exact) mass is 583 g/mol. The fourth-order valence-electron chi connectivity index (χ4n) is 4.68. The lowest BCUT2D eigenvalue weighted by Gasteiger charge is -2.19. The third-order valence-electron chi connectivity index (χ3n) is 6.62. The lowest BCUT2D eigenvalue weighted by atomic mass is 10.1. The number of imide groups is 1. The van der Waals surface area contributed by atoms with E-state index in [-0.39, 0.29) is 23.9 Å². The van der Waals surface area contributed by atoms with Gasteiger partial charge in [0.05, 0.1) is 16.6 Å². The van der Waals surface area contributed by atoms with Crippen LogP contribution in [-0.4, -0.2) is 63.0 Å². The second kappa shape index (κ2) is 12.3. The number of amides is 3. The minimum atomic E-state index is -0.569. The first-order valence-corrected chi connectivity index (χ1v) is 14.0. The Bertz CT molecular complexity index is 1710. The van der Waals surface area contributed by atoms with Crippen molar-refractivity contribution in [2.45, 2.75) is 39.2 Å². The highest BCUT2D eigenvalue weighted by molar-refractivity contribution is 6.21. The van der Waals surface area contributed by atoms with E-state index in [1.807, 2.05) is 24.3 Å². The van der Waals surface area contributed by atoms with Crippen molar-refractivity contribution >= 4 is 46.3 Å². The topological polar surface area (TPSA) is 158 Å². The minimum absolute atomic E-state index is 0.239. The molecule has 4 aromatic rings. The van der Waals surface area contributed by atoms with Crippen molar-refractivity contribution < 1.29 is 19.1 Å². The number of nitrogens with zero attached hydrogens (tertiary/aromatic N) is 3. The van der Waals surface area contributed by atoms with Crippen LogP contribution in [0.1, 0.15) is 53.5 Å². The molecule has 0 aliphatic carbocycles. The molecule has 4 N–H and O–H groups in total. The Hall–Kier alpha value is -5.26. The first-order valence-electron chi connectivity index (χ1n) is 14.0. The van der Waals surface area contributed by atoms with Gasteiger partial charge < -0.3 is 25.7 Å². The minimum Gasteiger partial charge on any atom is -0.444 e. The van der Waals surface area contributed by atoms with Crippen LogP contribution < -0.4 is 21.5 Å². The number of H-pyrrole nitrogens is 1. The van der Waals surface area contributed by atoms with Crippen molar-refractivity contribution in [3.05, 3.63) is 87.8 Å². The average molecular weight is 584 g/mol. The molecule has 222 valence electrons. The molecule has 1 aliphatic rings. The summed E-state index contributed by atoms with van der Waals surface area (Å²) >= 11 is 0. The molecule has 12 heteroatoms. The summed E-state index contributed by atoms with van der Waals surface area (Å²) in [7, 11) is 0. The van der Waals surface area contributed by atoms with Crippen molar-refractivity contribution in [2.24, 2.45) is 0 Å². The van der Waals surface area contributed by atoms with Crippen LogP contribution in [0.4, 0.5) is 22.2 Å². The van der Waals surface area contributed by atoms with Gasteiger partial charge in [0.1, 0.15) is 16.8 Å². The zero-order valence-corrected chi connectivity index (χ0v) is 24.2. The number of hydrogen-bond acceptors (Lipinski definition) is 9. The van der Waals surface area contributed by atoms with Gasteiger partial charge in [-0.05, 0) is 69.5 Å². The Labute approximate surface area is 247 Å². The van der Waals surface area contributed by atoms with E-state index in [0.29, 0.717) is 65.4 Å². The van der Waals surface area contributed by atoms with E-state index in [2.05, 4.69) is 30.9 Å². The van der Waals surface area contributed by atoms with E-state index >= 15 is 0 Å². The maximum Gasteiger partial charge on any atom is 0.407 e. The van der Waals surface area contributed by atoms with Crippen molar-refractivity contribution in [1.29, 1.82) is 0 Å². The van der Waals surface area contributed by atoms with E-state index in [1.54, 1.807) is 51.1 Å². The van der Waals surface area contributed by atoms with E-state index in [1.165, 1.54) is 11.1 Å². The largest absolute Gasteiger partial charge is 0.444 e. The fourth-order valence-corrected chi connectivity index (χ4v) is 4.68. The predicted octanol–water partition coefficient (Wildman–Crippen LogP) is 4.23. The number of carbonyl (C=O) groups is 3. The van der Waals surface area contributed by atoms with E-state index in [0.717, 1.165) is 5.56 Å². The molecule has 0 radical (unpaired) electrons. The summed E-state index contributed by atoms with van der Waals surface area (Å²) in [5.41, 5.74) is 1.97. The number of fused-ring (bicyclic) bond motifs is 2. The number of alkyl carbamates (subject to hydrolysis) is 1. The molecule has 0 bridgehead atoms. The van der Waals surface area contributed by atoms with E-state index in [4.69, 9.17) is 4.74 Å². The van der Waals surface area contributed by atoms with Gasteiger partial charge in [0.25, 0.3) is 17.4 Å². The SMILES string of the molecule is CC(C)(C)OC(=O)NCCCNc1nc(Nc2cccc(CCN3C(=O)c4ccccc4C3=O)c2)c2c(=O)[nH]ccc2n1. The Morgan fingerprint density at radius 2 is 1.70 bits per heavy atom. The predicted molar refractivity (Wildman–Crippen MR) is 163 cm³/mol. The first-order chi connectivity index (χ1) is 20.6. The highest BCUT2D eigenvalue weighted by atomic mass is 16.6. The molecule has 0 fully saturated rings. The number of benzene rings is 2. The lowest BCUT2D eigenvalue weighted by Crippen LogP contribution is -2.33. The van der Waals surface area contributed by atoms with Crippen LogP contribution in [0.2, 0.25) is 0 Å². The highest BCUT2D eigenvalue weighted by Crippen LogP contribution is 2.25. The van der Waals surface area contributed by atoms with Crippen molar-refractivity contribution in [3.63, 3.8) is 0 Å². The quantitative estimate of drug-likeness (QED) is 0.158. The molecule has 0 atom stereocenters. The molecule has 0 spiro atoms. The maximum atomic E-state index is 12.7. The van der Waals surface area contributed by atoms with Crippen LogP contribution in [0.3, 0.4) is 0 Å². The van der Waals surface area contributed by atoms with Gasteiger partial charge in [0.15, 0.2) is 0 Å². The lowest BCUT2D eigenvalue weighted by molar-refractivity contribution is 0.0526. The average Bonchev–Trinajstić information content (AvgIpc) is 3.20. The Morgan fingerprint density at radius 1 is 0.953 bits per heavy atom. The van der Waals surface area contributed by atoms with Gasteiger partial charge in [-0.25, -0.2) is 9.78 Å². The second-order valence-corrected chi connectivity index (χ2v) is 11.1.